The molecule has 0 fully saturated rings. The molecule has 1 heterocycles. The van der Waals surface area contributed by atoms with Crippen LogP contribution >= 0.6 is 0 Å². The Hall–Kier alpha value is -2.29. The van der Waals surface area contributed by atoms with Crippen LogP contribution in [0.3, 0.4) is 0 Å². The number of amides is 1. The summed E-state index contributed by atoms with van der Waals surface area (Å²) in [5.41, 5.74) is 3.54. The fraction of sp³-hybridized carbons (Fsp3) is 0. The van der Waals surface area contributed by atoms with Crippen molar-refractivity contribution >= 4 is 5.91 Å². The van der Waals surface area contributed by atoms with E-state index >= 15 is 0 Å². The molecule has 13 heavy (non-hydrogen) atoms. The maximum absolute atomic E-state index is 10.9. The van der Waals surface area contributed by atoms with E-state index in [0.717, 1.165) is 6.07 Å². The fourth-order valence-electron chi connectivity index (χ4n) is 0.640. The van der Waals surface area contributed by atoms with Gasteiger partial charge in [0.15, 0.2) is 0 Å². The molecule has 6 nitrogen and oxygen atoms in total. The number of aromatic nitrogens is 2. The fourth-order valence-corrected chi connectivity index (χ4v) is 0.640. The van der Waals surface area contributed by atoms with Gasteiger partial charge in [0.1, 0.15) is 0 Å². The number of carbonyl (C=O) groups excluding carboxylic acids is 1. The molecule has 4 N–H and O–H groups in total. The van der Waals surface area contributed by atoms with Crippen molar-refractivity contribution in [3.63, 3.8) is 0 Å². The molecule has 1 amide bonds. The Labute approximate surface area is 71.8 Å². The van der Waals surface area contributed by atoms with E-state index in [1.807, 2.05) is 11.0 Å². The predicted octanol–water partition coefficient (Wildman–Crippen LogP) is -2.10. The van der Waals surface area contributed by atoms with Gasteiger partial charge in [-0.25, -0.2) is 0 Å². The number of rotatable bonds is 0. The zero-order valence-electron chi connectivity index (χ0n) is 6.38. The van der Waals surface area contributed by atoms with Gasteiger partial charge in [-0.1, -0.05) is 5.92 Å². The van der Waals surface area contributed by atoms with Gasteiger partial charge < -0.3 is 5.73 Å². The second-order valence-electron chi connectivity index (χ2n) is 2.12. The number of primary amides is 1. The van der Waals surface area contributed by atoms with E-state index in [9.17, 15) is 14.4 Å². The van der Waals surface area contributed by atoms with E-state index in [4.69, 9.17) is 5.73 Å². The molecule has 0 aromatic carbocycles. The predicted molar refractivity (Wildman–Crippen MR) is 43.8 cm³/mol. The number of hydrogen-bond donors (Lipinski definition) is 3. The van der Waals surface area contributed by atoms with Crippen molar-refractivity contribution < 1.29 is 4.79 Å². The molecule has 1 rings (SSSR count). The molecule has 0 saturated carbocycles. The SMILES string of the molecule is NC(=O)C#Cc1cc(=O)[nH][nH]c1=O. The first kappa shape index (κ1) is 8.80. The third-order valence-electron chi connectivity index (χ3n) is 1.14. The number of nitrogens with two attached hydrogens (primary N) is 1. The maximum atomic E-state index is 10.9. The summed E-state index contributed by atoms with van der Waals surface area (Å²) >= 11 is 0. The number of carbonyl (C=O) groups is 1. The summed E-state index contributed by atoms with van der Waals surface area (Å²) in [7, 11) is 0. The van der Waals surface area contributed by atoms with Gasteiger partial charge in [-0.3, -0.25) is 24.6 Å². The molecule has 0 spiro atoms. The molecule has 1 aromatic rings. The molecule has 1 aromatic heterocycles. The van der Waals surface area contributed by atoms with E-state index in [-0.39, 0.29) is 5.56 Å². The summed E-state index contributed by atoms with van der Waals surface area (Å²) in [6, 6.07) is 0.981. The highest BCUT2D eigenvalue weighted by molar-refractivity contribution is 5.92. The first-order valence-electron chi connectivity index (χ1n) is 3.23. The summed E-state index contributed by atoms with van der Waals surface area (Å²) in [5.74, 6) is 3.25. The summed E-state index contributed by atoms with van der Waals surface area (Å²) in [5, 5.41) is 4.09. The highest BCUT2D eigenvalue weighted by Crippen LogP contribution is 1.76. The molecule has 0 aliphatic rings. The lowest BCUT2D eigenvalue weighted by Gasteiger charge is -1.85. The maximum Gasteiger partial charge on any atom is 0.293 e. The third-order valence-corrected chi connectivity index (χ3v) is 1.14. The number of aromatic amines is 2. The molecule has 0 saturated heterocycles. The molecule has 6 heteroatoms. The first-order valence-corrected chi connectivity index (χ1v) is 3.23. The Morgan fingerprint density at radius 2 is 2.08 bits per heavy atom. The molecule has 0 aliphatic carbocycles. The Kier molecular flexibility index (Phi) is 2.31. The van der Waals surface area contributed by atoms with Crippen LogP contribution in [0.5, 0.6) is 0 Å². The van der Waals surface area contributed by atoms with Crippen molar-refractivity contribution in [3.8, 4) is 11.8 Å². The van der Waals surface area contributed by atoms with Crippen LogP contribution in [0.4, 0.5) is 0 Å². The van der Waals surface area contributed by atoms with Gasteiger partial charge in [-0.2, -0.15) is 0 Å². The Bertz CT molecular complexity index is 500. The zero-order chi connectivity index (χ0) is 9.84. The van der Waals surface area contributed by atoms with Gasteiger partial charge in [-0.05, 0) is 0 Å². The first-order chi connectivity index (χ1) is 6.09. The normalized spacial score (nSPS) is 8.62. The van der Waals surface area contributed by atoms with Crippen LogP contribution in [-0.4, -0.2) is 16.1 Å². The second kappa shape index (κ2) is 3.40. The van der Waals surface area contributed by atoms with Crippen molar-refractivity contribution in [2.45, 2.75) is 0 Å². The topological polar surface area (TPSA) is 109 Å². The minimum absolute atomic E-state index is 0.0949. The van der Waals surface area contributed by atoms with Crippen LogP contribution < -0.4 is 16.9 Å². The molecule has 0 atom stereocenters. The lowest BCUT2D eigenvalue weighted by Crippen LogP contribution is -2.20. The van der Waals surface area contributed by atoms with E-state index in [2.05, 4.69) is 11.0 Å². The van der Waals surface area contributed by atoms with E-state index in [1.165, 1.54) is 0 Å². The molecule has 0 radical (unpaired) electrons. The van der Waals surface area contributed by atoms with Crippen molar-refractivity contribution in [2.75, 3.05) is 0 Å². The summed E-state index contributed by atoms with van der Waals surface area (Å²) < 4.78 is 0. The molecular formula is C7H5N3O3. The van der Waals surface area contributed by atoms with Crippen LogP contribution in [0.15, 0.2) is 15.7 Å². The smallest absolute Gasteiger partial charge is 0.293 e. The van der Waals surface area contributed by atoms with Gasteiger partial charge in [0.25, 0.3) is 17.0 Å². The second-order valence-corrected chi connectivity index (χ2v) is 2.12. The average molecular weight is 179 g/mol. The number of hydrogen-bond acceptors (Lipinski definition) is 3. The Morgan fingerprint density at radius 1 is 1.38 bits per heavy atom. The Morgan fingerprint density at radius 3 is 2.69 bits per heavy atom. The van der Waals surface area contributed by atoms with Crippen molar-refractivity contribution in [1.82, 2.24) is 10.2 Å². The zero-order valence-corrected chi connectivity index (χ0v) is 6.38. The van der Waals surface area contributed by atoms with Crippen LogP contribution in [0, 0.1) is 11.8 Å². The third kappa shape index (κ3) is 2.34. The average Bonchev–Trinajstić information content (AvgIpc) is 2.06. The standard InChI is InChI=1S/C7H5N3O3/c8-5(11)2-1-4-3-6(12)9-10-7(4)13/h3H,(H2,8,11)(H,9,12)(H,10,13). The highest BCUT2D eigenvalue weighted by Gasteiger charge is 1.95. The molecular weight excluding hydrogens is 174 g/mol. The lowest BCUT2D eigenvalue weighted by atomic mass is 10.3. The van der Waals surface area contributed by atoms with Gasteiger partial charge in [0, 0.05) is 12.0 Å². The lowest BCUT2D eigenvalue weighted by molar-refractivity contribution is -0.112. The largest absolute Gasteiger partial charge is 0.359 e. The van der Waals surface area contributed by atoms with E-state index < -0.39 is 17.0 Å². The molecule has 0 unspecified atom stereocenters. The highest BCUT2D eigenvalue weighted by atomic mass is 16.1. The summed E-state index contributed by atoms with van der Waals surface area (Å²) in [6.07, 6.45) is 0. The monoisotopic (exact) mass is 179 g/mol. The molecule has 0 aliphatic heterocycles. The number of nitrogens with one attached hydrogen (secondary N) is 2. The Balaban J connectivity index is 3.25. The van der Waals surface area contributed by atoms with Crippen LogP contribution in [0.1, 0.15) is 5.56 Å². The van der Waals surface area contributed by atoms with Gasteiger partial charge in [0.05, 0.1) is 5.56 Å². The van der Waals surface area contributed by atoms with Crippen molar-refractivity contribution in [3.05, 3.63) is 32.3 Å². The quantitative estimate of drug-likeness (QED) is 0.397. The van der Waals surface area contributed by atoms with Crippen LogP contribution in [0.25, 0.3) is 0 Å². The minimum atomic E-state index is -0.861. The number of H-pyrrole nitrogens is 2. The van der Waals surface area contributed by atoms with Gasteiger partial charge >= 0.3 is 0 Å². The molecule has 0 bridgehead atoms. The van der Waals surface area contributed by atoms with Gasteiger partial charge in [0.2, 0.25) is 0 Å². The summed E-state index contributed by atoms with van der Waals surface area (Å²) in [4.78, 5) is 31.8. The van der Waals surface area contributed by atoms with E-state index in [1.54, 1.807) is 0 Å². The van der Waals surface area contributed by atoms with Crippen molar-refractivity contribution in [2.24, 2.45) is 5.73 Å². The van der Waals surface area contributed by atoms with E-state index in [0.29, 0.717) is 0 Å². The molecule has 66 valence electrons. The van der Waals surface area contributed by atoms with Crippen LogP contribution in [0.2, 0.25) is 0 Å². The van der Waals surface area contributed by atoms with Gasteiger partial charge in [-0.15, -0.1) is 0 Å². The van der Waals surface area contributed by atoms with Crippen LogP contribution in [-0.2, 0) is 4.79 Å². The minimum Gasteiger partial charge on any atom is -0.359 e. The summed E-state index contributed by atoms with van der Waals surface area (Å²) in [6.45, 7) is 0. The van der Waals surface area contributed by atoms with Crippen molar-refractivity contribution in [1.29, 1.82) is 0 Å².